The number of para-hydroxylation sites is 1. The summed E-state index contributed by atoms with van der Waals surface area (Å²) < 4.78 is 15.9. The Morgan fingerprint density at radius 1 is 0.833 bits per heavy atom. The van der Waals surface area contributed by atoms with Crippen LogP contribution in [0.15, 0.2) is 79.4 Å². The van der Waals surface area contributed by atoms with Crippen molar-refractivity contribution < 1.29 is 38.2 Å². The van der Waals surface area contributed by atoms with Gasteiger partial charge in [-0.15, -0.1) is 0 Å². The molecule has 3 amide bonds. The molecule has 3 aromatic rings. The number of benzene rings is 2. The Bertz CT molecular complexity index is 1590. The third-order valence-electron chi connectivity index (χ3n) is 6.88. The van der Waals surface area contributed by atoms with Gasteiger partial charge in [-0.3, -0.25) is 19.4 Å². The monoisotopic (exact) mass is 660 g/mol. The average Bonchev–Trinajstić information content (AvgIpc) is 3.03. The van der Waals surface area contributed by atoms with Gasteiger partial charge >= 0.3 is 18.0 Å². The van der Waals surface area contributed by atoms with Crippen molar-refractivity contribution in [1.29, 1.82) is 0 Å². The maximum absolute atomic E-state index is 13.8. The molecule has 256 valence electrons. The molecule has 48 heavy (non-hydrogen) atoms. The quantitative estimate of drug-likeness (QED) is 0.123. The Morgan fingerprint density at radius 2 is 1.50 bits per heavy atom. The number of aromatic nitrogens is 1. The molecular formula is C36H44N4O8. The molecule has 0 unspecified atom stereocenters. The van der Waals surface area contributed by atoms with E-state index in [1.54, 1.807) is 65.0 Å². The number of fused-ring (bicyclic) bond motifs is 1. The molecule has 2 aromatic carbocycles. The van der Waals surface area contributed by atoms with Gasteiger partial charge in [0.1, 0.15) is 36.9 Å². The second-order valence-electron chi connectivity index (χ2n) is 12.5. The molecule has 1 aromatic heterocycles. The summed E-state index contributed by atoms with van der Waals surface area (Å²) >= 11 is 0. The van der Waals surface area contributed by atoms with Gasteiger partial charge in [0, 0.05) is 17.5 Å². The first-order chi connectivity index (χ1) is 22.8. The van der Waals surface area contributed by atoms with Gasteiger partial charge in [0.25, 0.3) is 0 Å². The van der Waals surface area contributed by atoms with Crippen LogP contribution in [0.25, 0.3) is 10.9 Å². The second-order valence-corrected chi connectivity index (χ2v) is 12.5. The van der Waals surface area contributed by atoms with Crippen LogP contribution >= 0.6 is 0 Å². The van der Waals surface area contributed by atoms with Gasteiger partial charge in [-0.25, -0.2) is 9.59 Å². The number of amides is 3. The molecule has 3 rings (SSSR count). The maximum atomic E-state index is 13.8. The molecule has 1 heterocycles. The van der Waals surface area contributed by atoms with Crippen molar-refractivity contribution in [2.24, 2.45) is 5.92 Å². The van der Waals surface area contributed by atoms with E-state index in [2.05, 4.69) is 27.5 Å². The fraction of sp³-hybridized carbons (Fsp3) is 0.389. The molecule has 0 aliphatic heterocycles. The van der Waals surface area contributed by atoms with E-state index in [9.17, 15) is 24.0 Å². The van der Waals surface area contributed by atoms with Crippen LogP contribution in [0.2, 0.25) is 0 Å². The number of carbonyl (C=O) groups is 5. The minimum absolute atomic E-state index is 0.0442. The lowest BCUT2D eigenvalue weighted by atomic mass is 10.0. The topological polar surface area (TPSA) is 162 Å². The number of hydrogen-bond donors (Lipinski definition) is 3. The number of esters is 2. The van der Waals surface area contributed by atoms with Gasteiger partial charge < -0.3 is 30.2 Å². The first-order valence-electron chi connectivity index (χ1n) is 15.7. The number of nitrogens with one attached hydrogen (secondary N) is 3. The van der Waals surface area contributed by atoms with Gasteiger partial charge in [-0.05, 0) is 44.4 Å². The van der Waals surface area contributed by atoms with Crippen molar-refractivity contribution in [3.8, 4) is 0 Å². The van der Waals surface area contributed by atoms with E-state index in [-0.39, 0.29) is 25.6 Å². The molecule has 3 atom stereocenters. The van der Waals surface area contributed by atoms with Crippen LogP contribution in [0.5, 0.6) is 0 Å². The molecule has 12 nitrogen and oxygen atoms in total. The van der Waals surface area contributed by atoms with Gasteiger partial charge in [-0.2, -0.15) is 0 Å². The van der Waals surface area contributed by atoms with Crippen LogP contribution in [0.3, 0.4) is 0 Å². The highest BCUT2D eigenvalue weighted by atomic mass is 16.6. The normalized spacial score (nSPS) is 13.0. The van der Waals surface area contributed by atoms with E-state index in [0.29, 0.717) is 16.8 Å². The van der Waals surface area contributed by atoms with Crippen molar-refractivity contribution in [2.45, 2.75) is 77.8 Å². The predicted octanol–water partition coefficient (Wildman–Crippen LogP) is 4.16. The third kappa shape index (κ3) is 12.2. The summed E-state index contributed by atoms with van der Waals surface area (Å²) in [5.74, 6) is -3.34. The lowest BCUT2D eigenvalue weighted by molar-refractivity contribution is -0.156. The average molecular weight is 661 g/mol. The van der Waals surface area contributed by atoms with E-state index in [1.807, 2.05) is 36.4 Å². The number of hydrogen-bond acceptors (Lipinski definition) is 9. The zero-order valence-electron chi connectivity index (χ0n) is 28.0. The summed E-state index contributed by atoms with van der Waals surface area (Å²) in [7, 11) is 0. The molecule has 0 aliphatic rings. The molecule has 12 heteroatoms. The molecule has 3 N–H and O–H groups in total. The molecule has 0 saturated carbocycles. The van der Waals surface area contributed by atoms with E-state index in [4.69, 9.17) is 14.2 Å². The maximum Gasteiger partial charge on any atom is 0.408 e. The van der Waals surface area contributed by atoms with Crippen LogP contribution in [0, 0.1) is 5.92 Å². The lowest BCUT2D eigenvalue weighted by Gasteiger charge is -2.26. The second kappa shape index (κ2) is 17.6. The van der Waals surface area contributed by atoms with Crippen LogP contribution in [0.4, 0.5) is 4.79 Å². The fourth-order valence-electron chi connectivity index (χ4n) is 4.56. The highest BCUT2D eigenvalue weighted by Crippen LogP contribution is 2.15. The molecule has 0 aliphatic carbocycles. The standard InChI is InChI=1S/C36H44N4O8/c1-7-19-46-34(44)31(23(2)3)40-33(43)28(20-26-18-17-25-15-11-12-16-27(25)37-26)38-32(42)29(21-30(41)48-36(4,5)6)39-35(45)47-22-24-13-9-8-10-14-24/h7-18,23,28-29,31H,1,19-22H2,2-6H3,(H,38,42)(H,39,45)(H,40,43)/t28-,29-,31+/m0/s1. The number of rotatable bonds is 15. The van der Waals surface area contributed by atoms with Gasteiger partial charge in [0.05, 0.1) is 11.9 Å². The minimum Gasteiger partial charge on any atom is -0.460 e. The Morgan fingerprint density at radius 3 is 2.17 bits per heavy atom. The van der Waals surface area contributed by atoms with Crippen LogP contribution in [-0.2, 0) is 46.4 Å². The number of ether oxygens (including phenoxy) is 3. The predicted molar refractivity (Wildman–Crippen MR) is 179 cm³/mol. The van der Waals surface area contributed by atoms with E-state index in [0.717, 1.165) is 5.39 Å². The van der Waals surface area contributed by atoms with Crippen molar-refractivity contribution in [2.75, 3.05) is 6.61 Å². The summed E-state index contributed by atoms with van der Waals surface area (Å²) in [6.45, 7) is 11.9. The number of nitrogens with zero attached hydrogens (tertiary/aromatic N) is 1. The van der Waals surface area contributed by atoms with Crippen molar-refractivity contribution in [3.05, 3.63) is 90.6 Å². The van der Waals surface area contributed by atoms with Gasteiger partial charge in [0.2, 0.25) is 11.8 Å². The molecule has 0 fully saturated rings. The summed E-state index contributed by atoms with van der Waals surface area (Å²) in [5, 5.41) is 8.65. The number of carbonyl (C=O) groups excluding carboxylic acids is 5. The summed E-state index contributed by atoms with van der Waals surface area (Å²) in [6, 6.07) is 16.1. The number of alkyl carbamates (subject to hydrolysis) is 1. The van der Waals surface area contributed by atoms with E-state index >= 15 is 0 Å². The summed E-state index contributed by atoms with van der Waals surface area (Å²) in [5.41, 5.74) is 1.01. The zero-order valence-corrected chi connectivity index (χ0v) is 28.0. The van der Waals surface area contributed by atoms with Crippen molar-refractivity contribution in [1.82, 2.24) is 20.9 Å². The molecule has 0 saturated heterocycles. The van der Waals surface area contributed by atoms with Crippen LogP contribution < -0.4 is 16.0 Å². The number of pyridine rings is 1. The first-order valence-corrected chi connectivity index (χ1v) is 15.7. The molecule has 0 bridgehead atoms. The Kier molecular flexibility index (Phi) is 13.6. The van der Waals surface area contributed by atoms with E-state index in [1.165, 1.54) is 6.08 Å². The summed E-state index contributed by atoms with van der Waals surface area (Å²) in [4.78, 5) is 70.5. The first kappa shape index (κ1) is 37.2. The largest absolute Gasteiger partial charge is 0.460 e. The van der Waals surface area contributed by atoms with Crippen molar-refractivity contribution in [3.63, 3.8) is 0 Å². The molecule has 0 radical (unpaired) electrons. The minimum atomic E-state index is -1.47. The third-order valence-corrected chi connectivity index (χ3v) is 6.88. The highest BCUT2D eigenvalue weighted by Gasteiger charge is 2.33. The van der Waals surface area contributed by atoms with Gasteiger partial charge in [-0.1, -0.05) is 81.1 Å². The van der Waals surface area contributed by atoms with Gasteiger partial charge in [0.15, 0.2) is 0 Å². The lowest BCUT2D eigenvalue weighted by Crippen LogP contribution is -2.57. The SMILES string of the molecule is C=CCOC(=O)[C@H](NC(=O)[C@H](Cc1ccc2ccccc2n1)NC(=O)[C@H](CC(=O)OC(C)(C)C)NC(=O)OCc1ccccc1)C(C)C. The van der Waals surface area contributed by atoms with Crippen LogP contribution in [0.1, 0.15) is 52.3 Å². The highest BCUT2D eigenvalue weighted by molar-refractivity contribution is 5.95. The molecule has 0 spiro atoms. The smallest absolute Gasteiger partial charge is 0.408 e. The molecular weight excluding hydrogens is 616 g/mol. The van der Waals surface area contributed by atoms with Crippen molar-refractivity contribution >= 4 is 40.7 Å². The Hall–Kier alpha value is -5.26. The Balaban J connectivity index is 1.88. The van der Waals surface area contributed by atoms with E-state index < -0.39 is 60.0 Å². The fourth-order valence-corrected chi connectivity index (χ4v) is 4.56. The Labute approximate surface area is 280 Å². The zero-order chi connectivity index (χ0) is 35.3. The van der Waals surface area contributed by atoms with Crippen LogP contribution in [-0.4, -0.2) is 65.2 Å². The summed E-state index contributed by atoms with van der Waals surface area (Å²) in [6.07, 6.45) is -0.167.